The molecule has 0 radical (unpaired) electrons. The molecule has 0 spiro atoms. The van der Waals surface area contributed by atoms with Crippen LogP contribution in [-0.4, -0.2) is 75.6 Å². The van der Waals surface area contributed by atoms with Crippen LogP contribution in [0.1, 0.15) is 271 Å². The van der Waals surface area contributed by atoms with Crippen LogP contribution in [0.2, 0.25) is 0 Å². The summed E-state index contributed by atoms with van der Waals surface area (Å²) >= 11 is 0. The molecule has 0 aliphatic carbocycles. The van der Waals surface area contributed by atoms with Crippen molar-refractivity contribution in [2.45, 2.75) is 277 Å². The van der Waals surface area contributed by atoms with Crippen molar-refractivity contribution in [2.24, 2.45) is 0 Å². The third-order valence-corrected chi connectivity index (χ3v) is 13.9. The zero-order valence-electron chi connectivity index (χ0n) is 46.3. The second-order valence-corrected chi connectivity index (χ2v) is 22.5. The molecular formula is C60H115NO7P+. The number of carbonyl (C=O) groups excluding carboxylic acids is 1. The first-order valence-electron chi connectivity index (χ1n) is 29.4. The number of hydrogen-bond acceptors (Lipinski definition) is 6. The Morgan fingerprint density at radius 3 is 1.26 bits per heavy atom. The minimum Gasteiger partial charge on any atom is -0.457 e. The highest BCUT2D eigenvalue weighted by Gasteiger charge is 2.26. The number of likely N-dealkylation sites (N-methyl/N-ethyl adjacent to an activating group) is 1. The van der Waals surface area contributed by atoms with E-state index < -0.39 is 13.9 Å². The molecule has 0 saturated carbocycles. The number of phosphoric ester groups is 1. The first-order chi connectivity index (χ1) is 33.6. The Morgan fingerprint density at radius 2 is 0.841 bits per heavy atom. The molecule has 0 aliphatic rings. The Balaban J connectivity index is 4.03. The topological polar surface area (TPSA) is 91.3 Å². The van der Waals surface area contributed by atoms with Gasteiger partial charge < -0.3 is 18.9 Å². The summed E-state index contributed by atoms with van der Waals surface area (Å²) in [5.74, 6) is -0.308. The van der Waals surface area contributed by atoms with Crippen LogP contribution >= 0.6 is 7.82 Å². The van der Waals surface area contributed by atoms with Gasteiger partial charge in [-0.05, 0) is 51.4 Å². The number of ether oxygens (including phenoxy) is 2. The molecule has 9 heteroatoms. The second kappa shape index (κ2) is 52.8. The van der Waals surface area contributed by atoms with Crippen LogP contribution in [-0.2, 0) is 27.9 Å². The molecule has 0 amide bonds. The fraction of sp³-hybridized carbons (Fsp3) is 0.850. The molecule has 0 aromatic carbocycles. The first kappa shape index (κ1) is 67.5. The van der Waals surface area contributed by atoms with Crippen LogP contribution in [0.5, 0.6) is 0 Å². The zero-order chi connectivity index (χ0) is 50.5. The van der Waals surface area contributed by atoms with E-state index in [9.17, 15) is 14.3 Å². The molecule has 0 aromatic rings. The number of phosphoric acid groups is 1. The Labute approximate surface area is 428 Å². The van der Waals surface area contributed by atoms with Gasteiger partial charge in [-0.3, -0.25) is 13.8 Å². The van der Waals surface area contributed by atoms with Gasteiger partial charge in [0, 0.05) is 13.0 Å². The molecule has 0 aromatic heterocycles. The Bertz CT molecular complexity index is 1240. The van der Waals surface area contributed by atoms with E-state index in [1.54, 1.807) is 0 Å². The lowest BCUT2D eigenvalue weighted by atomic mass is 10.0. The molecule has 0 saturated heterocycles. The molecule has 0 aliphatic heterocycles. The standard InChI is InChI=1S/C60H114NO7P/c1-6-8-10-12-14-16-18-20-22-24-26-28-29-30-31-32-34-36-38-40-42-44-46-48-50-52-55-65-57-59(58-67-69(63,64)66-56-54-61(3,4)5)68-60(62)53-51-49-47-45-43-41-39-37-35-33-27-25-23-21-19-17-15-13-11-9-7-2/h8,10,14,16,20,22,26,28,59H,6-7,9,11-13,15,17-19,21,23-25,27,29-58H2,1-5H3/p+1/b10-8-,16-14-,22-20-,28-26-. The number of quaternary nitrogens is 1. The van der Waals surface area contributed by atoms with Crippen LogP contribution in [0.3, 0.4) is 0 Å². The van der Waals surface area contributed by atoms with Gasteiger partial charge in [-0.1, -0.05) is 262 Å². The van der Waals surface area contributed by atoms with Gasteiger partial charge in [-0.15, -0.1) is 0 Å². The largest absolute Gasteiger partial charge is 0.472 e. The molecule has 0 fully saturated rings. The molecule has 1 N–H and O–H groups in total. The third-order valence-electron chi connectivity index (χ3n) is 12.9. The van der Waals surface area contributed by atoms with Crippen molar-refractivity contribution in [3.05, 3.63) is 48.6 Å². The van der Waals surface area contributed by atoms with Gasteiger partial charge in [0.25, 0.3) is 0 Å². The van der Waals surface area contributed by atoms with Crippen molar-refractivity contribution >= 4 is 13.8 Å². The summed E-state index contributed by atoms with van der Waals surface area (Å²) in [6.07, 6.45) is 67.5. The highest BCUT2D eigenvalue weighted by atomic mass is 31.2. The number of allylic oxidation sites excluding steroid dienone is 8. The lowest BCUT2D eigenvalue weighted by Gasteiger charge is -2.24. The molecular weight excluding hydrogens is 878 g/mol. The summed E-state index contributed by atoms with van der Waals surface area (Å²) < 4.78 is 35.3. The van der Waals surface area contributed by atoms with E-state index in [1.807, 2.05) is 21.1 Å². The van der Waals surface area contributed by atoms with E-state index >= 15 is 0 Å². The smallest absolute Gasteiger partial charge is 0.457 e. The molecule has 2 unspecified atom stereocenters. The lowest BCUT2D eigenvalue weighted by molar-refractivity contribution is -0.870. The lowest BCUT2D eigenvalue weighted by Crippen LogP contribution is -2.37. The molecule has 0 bridgehead atoms. The average molecular weight is 994 g/mol. The molecule has 0 rings (SSSR count). The van der Waals surface area contributed by atoms with Gasteiger partial charge in [0.15, 0.2) is 0 Å². The molecule has 2 atom stereocenters. The van der Waals surface area contributed by atoms with Crippen molar-refractivity contribution < 1.29 is 37.3 Å². The summed E-state index contributed by atoms with van der Waals surface area (Å²) in [6.45, 7) is 5.56. The Hall–Kier alpha value is -1.54. The first-order valence-corrected chi connectivity index (χ1v) is 30.9. The summed E-state index contributed by atoms with van der Waals surface area (Å²) in [5.41, 5.74) is 0. The van der Waals surface area contributed by atoms with E-state index in [4.69, 9.17) is 18.5 Å². The summed E-state index contributed by atoms with van der Waals surface area (Å²) in [7, 11) is 1.68. The van der Waals surface area contributed by atoms with Gasteiger partial charge in [0.2, 0.25) is 0 Å². The van der Waals surface area contributed by atoms with Crippen molar-refractivity contribution in [2.75, 3.05) is 54.1 Å². The third kappa shape index (κ3) is 57.2. The van der Waals surface area contributed by atoms with Crippen molar-refractivity contribution in [3.8, 4) is 0 Å². The minimum atomic E-state index is -4.28. The normalized spacial score (nSPS) is 13.8. The minimum absolute atomic E-state index is 0.0896. The molecule has 8 nitrogen and oxygen atoms in total. The highest BCUT2D eigenvalue weighted by Crippen LogP contribution is 2.43. The van der Waals surface area contributed by atoms with Gasteiger partial charge in [0.1, 0.15) is 19.3 Å². The molecule has 0 heterocycles. The van der Waals surface area contributed by atoms with E-state index in [2.05, 4.69) is 62.5 Å². The highest BCUT2D eigenvalue weighted by molar-refractivity contribution is 7.47. The van der Waals surface area contributed by atoms with Crippen LogP contribution in [0.25, 0.3) is 0 Å². The van der Waals surface area contributed by atoms with Crippen molar-refractivity contribution in [3.63, 3.8) is 0 Å². The monoisotopic (exact) mass is 993 g/mol. The fourth-order valence-electron chi connectivity index (χ4n) is 8.43. The second-order valence-electron chi connectivity index (χ2n) is 21.0. The number of hydrogen-bond donors (Lipinski definition) is 1. The molecule has 406 valence electrons. The van der Waals surface area contributed by atoms with Crippen LogP contribution < -0.4 is 0 Å². The maximum absolute atomic E-state index is 12.8. The average Bonchev–Trinajstić information content (AvgIpc) is 3.31. The maximum atomic E-state index is 12.8. The van der Waals surface area contributed by atoms with E-state index in [0.717, 1.165) is 57.8 Å². The summed E-state index contributed by atoms with van der Waals surface area (Å²) in [5, 5.41) is 0. The fourth-order valence-corrected chi connectivity index (χ4v) is 9.17. The Kier molecular flexibility index (Phi) is 51.6. The number of rotatable bonds is 55. The SMILES string of the molecule is CC/C=C\C/C=C\C/C=C\C/C=C\CCCCCCCCCCCCCCCOCC(COP(=O)(O)OCC[N+](C)(C)C)OC(=O)CCCCCCCCCCCCCCCCCCCCCCC. The van der Waals surface area contributed by atoms with E-state index in [0.29, 0.717) is 24.1 Å². The Morgan fingerprint density at radius 1 is 0.464 bits per heavy atom. The summed E-state index contributed by atoms with van der Waals surface area (Å²) in [4.78, 5) is 23.1. The van der Waals surface area contributed by atoms with Crippen LogP contribution in [0, 0.1) is 0 Å². The number of carbonyl (C=O) groups is 1. The molecule has 69 heavy (non-hydrogen) atoms. The van der Waals surface area contributed by atoms with Gasteiger partial charge in [-0.2, -0.15) is 0 Å². The van der Waals surface area contributed by atoms with E-state index in [-0.39, 0.29) is 25.8 Å². The quantitative estimate of drug-likeness (QED) is 0.0213. The van der Waals surface area contributed by atoms with Gasteiger partial charge in [0.05, 0.1) is 34.4 Å². The van der Waals surface area contributed by atoms with Crippen LogP contribution in [0.4, 0.5) is 0 Å². The summed E-state index contributed by atoms with van der Waals surface area (Å²) in [6, 6.07) is 0. The van der Waals surface area contributed by atoms with E-state index in [1.165, 1.54) is 193 Å². The number of esters is 1. The number of unbranched alkanes of at least 4 members (excludes halogenated alkanes) is 33. The maximum Gasteiger partial charge on any atom is 0.472 e. The van der Waals surface area contributed by atoms with Crippen molar-refractivity contribution in [1.29, 1.82) is 0 Å². The van der Waals surface area contributed by atoms with Gasteiger partial charge >= 0.3 is 13.8 Å². The zero-order valence-corrected chi connectivity index (χ0v) is 47.2. The predicted octanol–water partition coefficient (Wildman–Crippen LogP) is 18.6. The van der Waals surface area contributed by atoms with Gasteiger partial charge in [-0.25, -0.2) is 4.57 Å². The van der Waals surface area contributed by atoms with Crippen molar-refractivity contribution in [1.82, 2.24) is 0 Å². The predicted molar refractivity (Wildman–Crippen MR) is 298 cm³/mol. The number of nitrogens with zero attached hydrogens (tertiary/aromatic N) is 1. The van der Waals surface area contributed by atoms with Crippen LogP contribution in [0.15, 0.2) is 48.6 Å².